The van der Waals surface area contributed by atoms with Crippen LogP contribution < -0.4 is 0 Å². The van der Waals surface area contributed by atoms with E-state index in [4.69, 9.17) is 10.2 Å². The highest BCUT2D eigenvalue weighted by Gasteiger charge is 2.29. The van der Waals surface area contributed by atoms with Gasteiger partial charge >= 0.3 is 11.9 Å². The van der Waals surface area contributed by atoms with Crippen LogP contribution in [0, 0.1) is 11.7 Å². The summed E-state index contributed by atoms with van der Waals surface area (Å²) in [6, 6.07) is 14.8. The van der Waals surface area contributed by atoms with Crippen molar-refractivity contribution >= 4 is 29.6 Å². The van der Waals surface area contributed by atoms with Crippen LogP contribution in [0.1, 0.15) is 28.8 Å². The van der Waals surface area contributed by atoms with Crippen molar-refractivity contribution in [3.8, 4) is 0 Å². The first-order chi connectivity index (χ1) is 16.8. The van der Waals surface area contributed by atoms with Crippen molar-refractivity contribution in [1.82, 2.24) is 9.80 Å². The molecule has 1 amide bonds. The molecule has 0 spiro atoms. The smallest absolute Gasteiger partial charge is 0.328 e. The molecule has 0 unspecified atom stereocenters. The minimum atomic E-state index is -1.26. The number of fused-ring (bicyclic) bond motifs is 1. The van der Waals surface area contributed by atoms with E-state index in [-0.39, 0.29) is 11.7 Å². The van der Waals surface area contributed by atoms with Crippen LogP contribution in [0.5, 0.6) is 0 Å². The summed E-state index contributed by atoms with van der Waals surface area (Å²) in [6.07, 6.45) is 3.40. The molecular weight excluding hydrogens is 471 g/mol. The maximum absolute atomic E-state index is 13.2. The van der Waals surface area contributed by atoms with Gasteiger partial charge in [-0.15, -0.1) is 11.8 Å². The molecule has 2 aromatic carbocycles. The predicted octanol–water partition coefficient (Wildman–Crippen LogP) is 4.00. The Morgan fingerprint density at radius 2 is 1.71 bits per heavy atom. The van der Waals surface area contributed by atoms with Gasteiger partial charge < -0.3 is 20.0 Å². The number of carbonyl (C=O) groups excluding carboxylic acids is 1. The second-order valence-electron chi connectivity index (χ2n) is 8.44. The molecule has 2 aromatic rings. The zero-order chi connectivity index (χ0) is 25.2. The normalized spacial score (nSPS) is 16.1. The zero-order valence-corrected chi connectivity index (χ0v) is 20.1. The van der Waals surface area contributed by atoms with Crippen LogP contribution in [0.25, 0.3) is 0 Å². The molecule has 0 saturated carbocycles. The zero-order valence-electron chi connectivity index (χ0n) is 19.3. The molecule has 35 heavy (non-hydrogen) atoms. The lowest BCUT2D eigenvalue weighted by Crippen LogP contribution is -2.39. The molecule has 1 fully saturated rings. The van der Waals surface area contributed by atoms with E-state index < -0.39 is 11.9 Å². The Balaban J connectivity index is 0.000000371. The van der Waals surface area contributed by atoms with Crippen LogP contribution in [0.3, 0.4) is 0 Å². The number of carboxylic acid groups (broad SMARTS) is 2. The number of amides is 1. The van der Waals surface area contributed by atoms with Crippen LogP contribution in [0.15, 0.2) is 65.6 Å². The third-order valence-corrected chi connectivity index (χ3v) is 6.90. The molecule has 0 aliphatic carbocycles. The Kier molecular flexibility index (Phi) is 9.86. The average molecular weight is 501 g/mol. The van der Waals surface area contributed by atoms with Crippen LogP contribution >= 0.6 is 11.8 Å². The number of thioether (sulfide) groups is 1. The predicted molar refractivity (Wildman–Crippen MR) is 132 cm³/mol. The fourth-order valence-electron chi connectivity index (χ4n) is 4.16. The molecule has 0 bridgehead atoms. The molecule has 186 valence electrons. The number of carboxylic acids is 2. The van der Waals surface area contributed by atoms with E-state index in [0.29, 0.717) is 18.1 Å². The molecule has 2 heterocycles. The number of aliphatic carboxylic acids is 2. The van der Waals surface area contributed by atoms with Gasteiger partial charge in [0.15, 0.2) is 0 Å². The molecule has 7 nitrogen and oxygen atoms in total. The van der Waals surface area contributed by atoms with E-state index in [0.717, 1.165) is 67.3 Å². The summed E-state index contributed by atoms with van der Waals surface area (Å²) in [6.45, 7) is 4.84. The third-order valence-electron chi connectivity index (χ3n) is 5.92. The lowest BCUT2D eigenvalue weighted by Gasteiger charge is -2.33. The number of benzene rings is 2. The van der Waals surface area contributed by atoms with Crippen molar-refractivity contribution in [2.45, 2.75) is 24.3 Å². The summed E-state index contributed by atoms with van der Waals surface area (Å²) < 4.78 is 13.2. The van der Waals surface area contributed by atoms with E-state index in [1.807, 2.05) is 29.2 Å². The summed E-state index contributed by atoms with van der Waals surface area (Å²) >= 11 is 1.71. The number of halogens is 1. The number of hydrogen-bond acceptors (Lipinski definition) is 5. The highest BCUT2D eigenvalue weighted by molar-refractivity contribution is 7.99. The van der Waals surface area contributed by atoms with E-state index in [9.17, 15) is 18.8 Å². The Labute approximate surface area is 208 Å². The number of hydrogen-bond donors (Lipinski definition) is 2. The van der Waals surface area contributed by atoms with Gasteiger partial charge in [0, 0.05) is 48.0 Å². The van der Waals surface area contributed by atoms with E-state index in [2.05, 4.69) is 11.0 Å². The summed E-state index contributed by atoms with van der Waals surface area (Å²) in [7, 11) is 0. The summed E-state index contributed by atoms with van der Waals surface area (Å²) in [4.78, 5) is 37.1. The second-order valence-corrected chi connectivity index (χ2v) is 9.61. The number of likely N-dealkylation sites (tertiary alicyclic amines) is 1. The van der Waals surface area contributed by atoms with Crippen molar-refractivity contribution in [3.63, 3.8) is 0 Å². The van der Waals surface area contributed by atoms with Crippen molar-refractivity contribution in [2.24, 2.45) is 5.92 Å². The molecule has 1 saturated heterocycles. The van der Waals surface area contributed by atoms with Crippen LogP contribution in [0.4, 0.5) is 4.39 Å². The Bertz CT molecular complexity index is 1050. The quantitative estimate of drug-likeness (QED) is 0.418. The van der Waals surface area contributed by atoms with E-state index in [1.165, 1.54) is 6.07 Å². The highest BCUT2D eigenvalue weighted by Crippen LogP contribution is 2.26. The van der Waals surface area contributed by atoms with E-state index in [1.54, 1.807) is 23.9 Å². The van der Waals surface area contributed by atoms with Gasteiger partial charge in [0.2, 0.25) is 0 Å². The topological polar surface area (TPSA) is 98.1 Å². The van der Waals surface area contributed by atoms with Crippen molar-refractivity contribution in [1.29, 1.82) is 0 Å². The second kappa shape index (κ2) is 13.1. The largest absolute Gasteiger partial charge is 0.478 e. The van der Waals surface area contributed by atoms with Crippen molar-refractivity contribution in [3.05, 3.63) is 77.6 Å². The first kappa shape index (κ1) is 26.4. The monoisotopic (exact) mass is 500 g/mol. The Hall–Kier alpha value is -3.17. The van der Waals surface area contributed by atoms with Gasteiger partial charge in [0.05, 0.1) is 0 Å². The standard InChI is InChI=1S/C22H25FN2OS.C4H4O4/c23-19-5-3-6-20(14-19)27-13-12-24-10-8-17(9-11-24)15-25-16-18-4-1-2-7-21(18)22(25)26;5-3(6)1-2-4(7)8/h1-7,14,17H,8-13,15-16H2;1-2H,(H,5,6)(H,7,8)/b;2-1+. The van der Waals surface area contributed by atoms with Gasteiger partial charge in [-0.25, -0.2) is 14.0 Å². The molecule has 2 aliphatic heterocycles. The first-order valence-electron chi connectivity index (χ1n) is 11.4. The van der Waals surface area contributed by atoms with Crippen LogP contribution in [-0.2, 0) is 16.1 Å². The van der Waals surface area contributed by atoms with Crippen molar-refractivity contribution in [2.75, 3.05) is 31.9 Å². The molecular formula is C26H29FN2O5S. The van der Waals surface area contributed by atoms with E-state index >= 15 is 0 Å². The average Bonchev–Trinajstić information content (AvgIpc) is 3.15. The van der Waals surface area contributed by atoms with Crippen LogP contribution in [-0.4, -0.2) is 69.8 Å². The summed E-state index contributed by atoms with van der Waals surface area (Å²) in [5, 5.41) is 15.6. The molecule has 2 aliphatic rings. The summed E-state index contributed by atoms with van der Waals surface area (Å²) in [5.41, 5.74) is 2.04. The Morgan fingerprint density at radius 1 is 1.03 bits per heavy atom. The van der Waals surface area contributed by atoms with Gasteiger partial charge in [-0.05, 0) is 61.7 Å². The number of carbonyl (C=O) groups is 3. The SMILES string of the molecule is O=C(O)/C=C/C(=O)O.O=C1c2ccccc2CN1CC1CCN(CCSc2cccc(F)c2)CC1. The molecule has 9 heteroatoms. The summed E-state index contributed by atoms with van der Waals surface area (Å²) in [5.74, 6) is -0.914. The van der Waals surface area contributed by atoms with Gasteiger partial charge in [-0.1, -0.05) is 24.3 Å². The minimum absolute atomic E-state index is 0.167. The molecule has 4 rings (SSSR count). The molecule has 0 atom stereocenters. The lowest BCUT2D eigenvalue weighted by atomic mass is 9.96. The highest BCUT2D eigenvalue weighted by atomic mass is 32.2. The number of nitrogens with zero attached hydrogens (tertiary/aromatic N) is 2. The maximum atomic E-state index is 13.2. The molecule has 0 radical (unpaired) electrons. The molecule has 2 N–H and O–H groups in total. The van der Waals surface area contributed by atoms with Gasteiger partial charge in [-0.3, -0.25) is 4.79 Å². The first-order valence-corrected chi connectivity index (χ1v) is 12.4. The number of piperidine rings is 1. The maximum Gasteiger partial charge on any atom is 0.328 e. The lowest BCUT2D eigenvalue weighted by molar-refractivity contribution is -0.134. The fourth-order valence-corrected chi connectivity index (χ4v) is 5.11. The third kappa shape index (κ3) is 8.52. The minimum Gasteiger partial charge on any atom is -0.478 e. The fraction of sp³-hybridized carbons (Fsp3) is 0.346. The van der Waals surface area contributed by atoms with Crippen LogP contribution in [0.2, 0.25) is 0 Å². The van der Waals surface area contributed by atoms with Gasteiger partial charge in [-0.2, -0.15) is 0 Å². The molecule has 0 aromatic heterocycles. The van der Waals surface area contributed by atoms with Crippen molar-refractivity contribution < 1.29 is 29.0 Å². The number of rotatable bonds is 8. The Morgan fingerprint density at radius 3 is 2.34 bits per heavy atom. The van der Waals surface area contributed by atoms with Gasteiger partial charge in [0.25, 0.3) is 5.91 Å². The van der Waals surface area contributed by atoms with Gasteiger partial charge in [0.1, 0.15) is 5.82 Å².